The molecule has 1 heterocycles. The van der Waals surface area contributed by atoms with Crippen molar-refractivity contribution in [2.75, 3.05) is 0 Å². The van der Waals surface area contributed by atoms with Crippen LogP contribution in [0.1, 0.15) is 20.8 Å². The fourth-order valence-corrected chi connectivity index (χ4v) is 1.75. The van der Waals surface area contributed by atoms with Crippen molar-refractivity contribution in [3.63, 3.8) is 0 Å². The summed E-state index contributed by atoms with van der Waals surface area (Å²) in [6.45, 7) is 0. The van der Waals surface area contributed by atoms with Gasteiger partial charge in [0.05, 0.1) is 16.8 Å². The zero-order valence-electron chi connectivity index (χ0n) is 10.1. The van der Waals surface area contributed by atoms with Crippen LogP contribution < -0.4 is 0 Å². The van der Waals surface area contributed by atoms with Gasteiger partial charge in [0.25, 0.3) is 0 Å². The largest absolute Gasteiger partial charge is 0.478 e. The van der Waals surface area contributed by atoms with Crippen LogP contribution in [-0.4, -0.2) is 31.9 Å². The number of carboxylic acids is 2. The normalized spacial score (nSPS) is 10.6. The van der Waals surface area contributed by atoms with Gasteiger partial charge in [-0.15, -0.1) is 0 Å². The molecular weight excluding hydrogens is 274 g/mol. The summed E-state index contributed by atoms with van der Waals surface area (Å²) in [5, 5.41) is 21.1. The lowest BCUT2D eigenvalue weighted by Crippen LogP contribution is -2.03. The average molecular weight is 282 g/mol. The first-order chi connectivity index (χ1) is 9.31. The Morgan fingerprint density at radius 1 is 1.10 bits per heavy atom. The Hall–Kier alpha value is -2.77. The summed E-state index contributed by atoms with van der Waals surface area (Å²) in [5.41, 5.74) is -1.54. The molecule has 0 spiro atoms. The summed E-state index contributed by atoms with van der Waals surface area (Å²) in [4.78, 5) is 21.5. The van der Waals surface area contributed by atoms with E-state index in [4.69, 9.17) is 10.2 Å². The maximum atomic E-state index is 13.9. The van der Waals surface area contributed by atoms with E-state index < -0.39 is 34.7 Å². The number of rotatable bonds is 3. The van der Waals surface area contributed by atoms with E-state index in [2.05, 4.69) is 5.10 Å². The van der Waals surface area contributed by atoms with Gasteiger partial charge < -0.3 is 10.2 Å². The lowest BCUT2D eigenvalue weighted by molar-refractivity contribution is 0.0681. The molecule has 2 aromatic rings. The molecule has 20 heavy (non-hydrogen) atoms. The van der Waals surface area contributed by atoms with E-state index in [0.717, 1.165) is 10.7 Å². The van der Waals surface area contributed by atoms with Crippen LogP contribution in [0, 0.1) is 11.6 Å². The molecule has 0 saturated carbocycles. The van der Waals surface area contributed by atoms with Crippen molar-refractivity contribution in [2.24, 2.45) is 7.05 Å². The Morgan fingerprint density at radius 2 is 1.65 bits per heavy atom. The third-order valence-electron chi connectivity index (χ3n) is 2.64. The Bertz CT molecular complexity index is 701. The lowest BCUT2D eigenvalue weighted by Gasteiger charge is -2.06. The highest BCUT2D eigenvalue weighted by Gasteiger charge is 2.21. The SMILES string of the molecule is Cn1nc(C(=O)O)cc1-c1c(F)cc(C(=O)O)cc1F. The number of carboxylic acid groups (broad SMARTS) is 2. The van der Waals surface area contributed by atoms with Gasteiger partial charge in [-0.2, -0.15) is 5.10 Å². The molecule has 2 rings (SSSR count). The molecule has 6 nitrogen and oxygen atoms in total. The second-order valence-electron chi connectivity index (χ2n) is 3.96. The maximum Gasteiger partial charge on any atom is 0.356 e. The van der Waals surface area contributed by atoms with Crippen LogP contribution in [0.3, 0.4) is 0 Å². The summed E-state index contributed by atoms with van der Waals surface area (Å²) in [6.07, 6.45) is 0. The topological polar surface area (TPSA) is 92.4 Å². The molecule has 0 amide bonds. The highest BCUT2D eigenvalue weighted by molar-refractivity contribution is 5.89. The van der Waals surface area contributed by atoms with Crippen LogP contribution in [0.4, 0.5) is 8.78 Å². The van der Waals surface area contributed by atoms with E-state index in [9.17, 15) is 18.4 Å². The van der Waals surface area contributed by atoms with Crippen LogP contribution >= 0.6 is 0 Å². The summed E-state index contributed by atoms with van der Waals surface area (Å²) in [6, 6.07) is 2.33. The predicted octanol–water partition coefficient (Wildman–Crippen LogP) is 1.76. The first-order valence-corrected chi connectivity index (χ1v) is 5.31. The van der Waals surface area contributed by atoms with E-state index in [1.54, 1.807) is 0 Å². The maximum absolute atomic E-state index is 13.9. The molecule has 0 aliphatic carbocycles. The fraction of sp³-hybridized carbons (Fsp3) is 0.0833. The molecule has 0 unspecified atom stereocenters. The van der Waals surface area contributed by atoms with Crippen molar-refractivity contribution in [1.29, 1.82) is 0 Å². The van der Waals surface area contributed by atoms with E-state index in [0.29, 0.717) is 12.1 Å². The minimum absolute atomic E-state index is 0.102. The Morgan fingerprint density at radius 3 is 2.05 bits per heavy atom. The van der Waals surface area contributed by atoms with Crippen LogP contribution in [0.25, 0.3) is 11.3 Å². The van der Waals surface area contributed by atoms with Gasteiger partial charge in [0, 0.05) is 7.05 Å². The fourth-order valence-electron chi connectivity index (χ4n) is 1.75. The van der Waals surface area contributed by atoms with Gasteiger partial charge >= 0.3 is 11.9 Å². The highest BCUT2D eigenvalue weighted by Crippen LogP contribution is 2.27. The van der Waals surface area contributed by atoms with Gasteiger partial charge in [-0.05, 0) is 18.2 Å². The number of aromatic carboxylic acids is 2. The second kappa shape index (κ2) is 4.72. The lowest BCUT2D eigenvalue weighted by atomic mass is 10.1. The predicted molar refractivity (Wildman–Crippen MR) is 62.5 cm³/mol. The van der Waals surface area contributed by atoms with Gasteiger partial charge in [0.2, 0.25) is 0 Å². The van der Waals surface area contributed by atoms with E-state index in [1.165, 1.54) is 7.05 Å². The molecule has 2 N–H and O–H groups in total. The second-order valence-corrected chi connectivity index (χ2v) is 3.96. The van der Waals surface area contributed by atoms with Crippen molar-refractivity contribution >= 4 is 11.9 Å². The van der Waals surface area contributed by atoms with Gasteiger partial charge in [-0.1, -0.05) is 0 Å². The first-order valence-electron chi connectivity index (χ1n) is 5.31. The third kappa shape index (κ3) is 2.22. The minimum atomic E-state index is -1.47. The molecule has 0 fully saturated rings. The summed E-state index contributed by atoms with van der Waals surface area (Å²) >= 11 is 0. The van der Waals surface area contributed by atoms with Crippen LogP contribution in [0.15, 0.2) is 18.2 Å². The highest BCUT2D eigenvalue weighted by atomic mass is 19.1. The van der Waals surface area contributed by atoms with E-state index in [1.807, 2.05) is 0 Å². The number of aromatic nitrogens is 2. The number of benzene rings is 1. The van der Waals surface area contributed by atoms with Crippen molar-refractivity contribution in [3.8, 4) is 11.3 Å². The Labute approximate surface area is 110 Å². The van der Waals surface area contributed by atoms with Crippen LogP contribution in [-0.2, 0) is 7.05 Å². The third-order valence-corrected chi connectivity index (χ3v) is 2.64. The number of aryl methyl sites for hydroxylation is 1. The van der Waals surface area contributed by atoms with Gasteiger partial charge in [0.1, 0.15) is 11.6 Å². The average Bonchev–Trinajstić information content (AvgIpc) is 2.70. The summed E-state index contributed by atoms with van der Waals surface area (Å²) < 4.78 is 28.7. The molecule has 1 aromatic carbocycles. The van der Waals surface area contributed by atoms with Gasteiger partial charge in [-0.25, -0.2) is 18.4 Å². The standard InChI is InChI=1S/C12H8F2N2O4/c1-16-9(4-8(15-16)12(19)20)10-6(13)2-5(11(17)18)3-7(10)14/h2-4H,1H3,(H,17,18)(H,19,20). The van der Waals surface area contributed by atoms with Gasteiger partial charge in [-0.3, -0.25) is 4.68 Å². The van der Waals surface area contributed by atoms with Crippen molar-refractivity contribution in [1.82, 2.24) is 9.78 Å². The van der Waals surface area contributed by atoms with Gasteiger partial charge in [0.15, 0.2) is 5.69 Å². The molecule has 0 aliphatic heterocycles. The number of hydrogen-bond acceptors (Lipinski definition) is 3. The van der Waals surface area contributed by atoms with E-state index >= 15 is 0 Å². The van der Waals surface area contributed by atoms with Crippen LogP contribution in [0.5, 0.6) is 0 Å². The van der Waals surface area contributed by atoms with Crippen molar-refractivity contribution < 1.29 is 28.6 Å². The van der Waals surface area contributed by atoms with Crippen molar-refractivity contribution in [3.05, 3.63) is 41.1 Å². The van der Waals surface area contributed by atoms with E-state index in [-0.39, 0.29) is 11.4 Å². The number of hydrogen-bond donors (Lipinski definition) is 2. The molecule has 1 aromatic heterocycles. The zero-order valence-corrected chi connectivity index (χ0v) is 10.1. The molecule has 0 bridgehead atoms. The molecule has 0 aliphatic rings. The minimum Gasteiger partial charge on any atom is -0.478 e. The number of halogens is 2. The summed E-state index contributed by atoms with van der Waals surface area (Å²) in [5.74, 6) is -5.02. The molecule has 8 heteroatoms. The molecule has 104 valence electrons. The van der Waals surface area contributed by atoms with Crippen molar-refractivity contribution in [2.45, 2.75) is 0 Å². The first kappa shape index (κ1) is 13.7. The summed E-state index contributed by atoms with van der Waals surface area (Å²) in [7, 11) is 1.33. The number of carbonyl (C=O) groups is 2. The monoisotopic (exact) mass is 282 g/mol. The smallest absolute Gasteiger partial charge is 0.356 e. The zero-order chi connectivity index (χ0) is 15.0. The Kier molecular flexibility index (Phi) is 3.23. The molecule has 0 radical (unpaired) electrons. The molecule has 0 saturated heterocycles. The number of nitrogens with zero attached hydrogens (tertiary/aromatic N) is 2. The molecule has 0 atom stereocenters. The van der Waals surface area contributed by atoms with Crippen LogP contribution in [0.2, 0.25) is 0 Å². The quantitative estimate of drug-likeness (QED) is 0.894. The molecular formula is C12H8F2N2O4. The Balaban J connectivity index is 2.64.